The Labute approximate surface area is 184 Å². The van der Waals surface area contributed by atoms with Gasteiger partial charge in [-0.25, -0.2) is 0 Å². The highest BCUT2D eigenvalue weighted by molar-refractivity contribution is 9.14. The van der Waals surface area contributed by atoms with Crippen LogP contribution in [0.1, 0.15) is 0 Å². The van der Waals surface area contributed by atoms with Crippen molar-refractivity contribution in [2.24, 2.45) is 0 Å². The van der Waals surface area contributed by atoms with Crippen LogP contribution in [0.15, 0.2) is 36.1 Å². The molecule has 0 aliphatic carbocycles. The molecule has 0 amide bonds. The predicted octanol–water partition coefficient (Wildman–Crippen LogP) is 6.23. The Morgan fingerprint density at radius 2 is 1.15 bits per heavy atom. The second kappa shape index (κ2) is 8.16. The lowest BCUT2D eigenvalue weighted by atomic mass is 10.1. The van der Waals surface area contributed by atoms with Gasteiger partial charge in [-0.2, -0.15) is 0 Å². The molecule has 0 aliphatic rings. The number of rotatable bonds is 5. The summed E-state index contributed by atoms with van der Waals surface area (Å²) in [6, 6.07) is 3.07. The summed E-state index contributed by atoms with van der Waals surface area (Å²) in [5.74, 6) is 0. The molecule has 2 aromatic rings. The van der Waals surface area contributed by atoms with Crippen LogP contribution in [0.25, 0.3) is 0 Å². The van der Waals surface area contributed by atoms with E-state index in [2.05, 4.69) is 63.7 Å². The van der Waals surface area contributed by atoms with Gasteiger partial charge in [0.05, 0.1) is 41.5 Å². The molecule has 0 radical (unpaired) electrons. The number of non-ortho nitro benzene ring substituents is 1. The lowest BCUT2D eigenvalue weighted by Crippen LogP contribution is -2.15. The van der Waals surface area contributed by atoms with Crippen LogP contribution < -0.4 is 4.90 Å². The molecule has 2 rings (SSSR count). The average molecular weight is 634 g/mol. The zero-order valence-corrected chi connectivity index (χ0v) is 19.3. The van der Waals surface area contributed by atoms with Gasteiger partial charge in [0, 0.05) is 16.0 Å². The van der Waals surface area contributed by atoms with Crippen molar-refractivity contribution in [3.05, 3.63) is 66.4 Å². The van der Waals surface area contributed by atoms with Crippen molar-refractivity contribution < 1.29 is 14.8 Å². The van der Waals surface area contributed by atoms with Gasteiger partial charge < -0.3 is 4.90 Å². The van der Waals surface area contributed by atoms with Gasteiger partial charge in [-0.05, 0) is 69.8 Å². The Balaban J connectivity index is 2.91. The fourth-order valence-corrected chi connectivity index (χ4v) is 4.85. The topological polar surface area (TPSA) is 133 Å². The van der Waals surface area contributed by atoms with Crippen LogP contribution >= 0.6 is 63.7 Å². The van der Waals surface area contributed by atoms with Gasteiger partial charge in [0.25, 0.3) is 5.69 Å². The highest BCUT2D eigenvalue weighted by Gasteiger charge is 2.35. The summed E-state index contributed by atoms with van der Waals surface area (Å²) in [5, 5.41) is 34.0. The molecule has 0 N–H and O–H groups in total. The van der Waals surface area contributed by atoms with E-state index < -0.39 is 37.5 Å². The summed E-state index contributed by atoms with van der Waals surface area (Å²) in [5.41, 5.74) is -2.36. The molecule has 0 fully saturated rings. The number of nitro benzene ring substituents is 3. The Hall–Kier alpha value is -1.64. The van der Waals surface area contributed by atoms with Crippen molar-refractivity contribution in [3.63, 3.8) is 0 Å². The smallest absolute Gasteiger partial charge is 0.306 e. The highest BCUT2D eigenvalue weighted by Crippen LogP contribution is 2.49. The van der Waals surface area contributed by atoms with Crippen molar-refractivity contribution in [3.8, 4) is 0 Å². The van der Waals surface area contributed by atoms with E-state index in [-0.39, 0.29) is 0 Å². The van der Waals surface area contributed by atoms with E-state index in [1.807, 2.05) is 0 Å². The van der Waals surface area contributed by atoms with E-state index in [4.69, 9.17) is 0 Å². The molecule has 10 nitrogen and oxygen atoms in total. The maximum Gasteiger partial charge on any atom is 0.306 e. The molecule has 0 aromatic heterocycles. The van der Waals surface area contributed by atoms with E-state index >= 15 is 0 Å². The molecule has 0 saturated heterocycles. The molecular formula is C13H6Br4N4O6. The highest BCUT2D eigenvalue weighted by atomic mass is 79.9. The molecule has 2 aromatic carbocycles. The largest absolute Gasteiger partial charge is 0.331 e. The van der Waals surface area contributed by atoms with Crippen molar-refractivity contribution in [2.45, 2.75) is 0 Å². The lowest BCUT2D eigenvalue weighted by Gasteiger charge is -2.23. The summed E-state index contributed by atoms with van der Waals surface area (Å²) in [4.78, 5) is 32.5. The summed E-state index contributed by atoms with van der Waals surface area (Å²) in [6.45, 7) is 0. The average Bonchev–Trinajstić information content (AvgIpc) is 2.58. The van der Waals surface area contributed by atoms with Crippen LogP contribution in [0.5, 0.6) is 0 Å². The number of nitrogens with zero attached hydrogens (tertiary/aromatic N) is 4. The van der Waals surface area contributed by atoms with Crippen LogP contribution in [0.3, 0.4) is 0 Å². The number of anilines is 2. The molecule has 14 heteroatoms. The Morgan fingerprint density at radius 1 is 0.741 bits per heavy atom. The summed E-state index contributed by atoms with van der Waals surface area (Å²) in [6.07, 6.45) is 0. The van der Waals surface area contributed by atoms with Gasteiger partial charge in [0.15, 0.2) is 5.69 Å². The number of nitro groups is 3. The molecule has 0 saturated carbocycles. The zero-order chi connectivity index (χ0) is 20.6. The maximum atomic E-state index is 11.5. The van der Waals surface area contributed by atoms with Gasteiger partial charge in [-0.3, -0.25) is 30.3 Å². The third-order valence-corrected chi connectivity index (χ3v) is 7.34. The van der Waals surface area contributed by atoms with Crippen LogP contribution in [0.4, 0.5) is 28.4 Å². The number of hydrogen-bond acceptors (Lipinski definition) is 7. The molecule has 0 heterocycles. The van der Waals surface area contributed by atoms with E-state index in [9.17, 15) is 30.3 Å². The fourth-order valence-electron chi connectivity index (χ4n) is 2.28. The van der Waals surface area contributed by atoms with Crippen LogP contribution in [0, 0.1) is 30.3 Å². The van der Waals surface area contributed by atoms with Gasteiger partial charge in [0.2, 0.25) is 0 Å². The first-order chi connectivity index (χ1) is 12.5. The van der Waals surface area contributed by atoms with Gasteiger partial charge in [0.1, 0.15) is 0 Å². The monoisotopic (exact) mass is 630 g/mol. The summed E-state index contributed by atoms with van der Waals surface area (Å²) >= 11 is 13.3. The molecule has 0 spiro atoms. The summed E-state index contributed by atoms with van der Waals surface area (Å²) in [7, 11) is 1.38. The minimum atomic E-state index is -0.925. The van der Waals surface area contributed by atoms with Crippen molar-refractivity contribution >= 4 is 92.2 Å². The van der Waals surface area contributed by atoms with Gasteiger partial charge in [-0.15, -0.1) is 0 Å². The zero-order valence-electron chi connectivity index (χ0n) is 13.0. The third-order valence-electron chi connectivity index (χ3n) is 3.42. The molecule has 142 valence electrons. The molecule has 0 bridgehead atoms. The van der Waals surface area contributed by atoms with Crippen molar-refractivity contribution in [2.75, 3.05) is 11.9 Å². The molecule has 0 unspecified atom stereocenters. The second-order valence-electron chi connectivity index (χ2n) is 4.98. The van der Waals surface area contributed by atoms with Gasteiger partial charge >= 0.3 is 11.4 Å². The Morgan fingerprint density at radius 3 is 1.48 bits per heavy atom. The predicted molar refractivity (Wildman–Crippen MR) is 112 cm³/mol. The maximum absolute atomic E-state index is 11.5. The first-order valence-corrected chi connectivity index (χ1v) is 9.82. The van der Waals surface area contributed by atoms with Crippen LogP contribution in [0.2, 0.25) is 0 Å². The summed E-state index contributed by atoms with van der Waals surface area (Å²) < 4.78 is 2.07. The third kappa shape index (κ3) is 4.12. The Bertz CT molecular complexity index is 938. The normalized spacial score (nSPS) is 10.6. The second-order valence-corrected chi connectivity index (χ2v) is 8.27. The molecule has 0 atom stereocenters. The first kappa shape index (κ1) is 21.7. The first-order valence-electron chi connectivity index (χ1n) is 6.65. The number of benzene rings is 2. The molecule has 0 aliphatic heterocycles. The van der Waals surface area contributed by atoms with Crippen molar-refractivity contribution in [1.82, 2.24) is 0 Å². The fraction of sp³-hybridized carbons (Fsp3) is 0.0769. The number of hydrogen-bond donors (Lipinski definition) is 0. The Kier molecular flexibility index (Phi) is 6.55. The van der Waals surface area contributed by atoms with Gasteiger partial charge in [-0.1, -0.05) is 0 Å². The van der Waals surface area contributed by atoms with Crippen LogP contribution in [-0.2, 0) is 0 Å². The van der Waals surface area contributed by atoms with E-state index in [0.29, 0.717) is 35.7 Å². The van der Waals surface area contributed by atoms with E-state index in [1.165, 1.54) is 11.9 Å². The van der Waals surface area contributed by atoms with E-state index in [1.54, 1.807) is 6.07 Å². The minimum absolute atomic E-state index is 0.330. The van der Waals surface area contributed by atoms with Crippen molar-refractivity contribution in [1.29, 1.82) is 0 Å². The molecular weight excluding hydrogens is 628 g/mol. The van der Waals surface area contributed by atoms with E-state index in [0.717, 1.165) is 0 Å². The number of halogens is 4. The quantitative estimate of drug-likeness (QED) is 0.217. The minimum Gasteiger partial charge on any atom is -0.331 e. The lowest BCUT2D eigenvalue weighted by molar-refractivity contribution is -0.402. The SMILES string of the molecule is CN(c1c([N+](=O)[O-])cc([N+](=O)[O-])cc1[N+](=O)[O-])c1c(Br)c(Br)cc(Br)c1Br. The molecule has 27 heavy (non-hydrogen) atoms. The van der Waals surface area contributed by atoms with Crippen LogP contribution in [-0.4, -0.2) is 21.8 Å². The standard InChI is InChI=1S/C13H6Br4N4O6/c1-18(13-10(16)6(14)4-7(15)11(13)17)12-8(20(24)25)2-5(19(22)23)3-9(12)21(26)27/h2-4H,1H3.